The summed E-state index contributed by atoms with van der Waals surface area (Å²) in [6.07, 6.45) is 5.13. The molecule has 0 radical (unpaired) electrons. The van der Waals surface area contributed by atoms with E-state index in [2.05, 4.69) is 25.9 Å². The molecule has 4 nitrogen and oxygen atoms in total. The smallest absolute Gasteiger partial charge is 0.254 e. The van der Waals surface area contributed by atoms with Crippen molar-refractivity contribution < 1.29 is 4.79 Å². The van der Waals surface area contributed by atoms with Gasteiger partial charge in [0.25, 0.3) is 5.91 Å². The molecule has 0 bridgehead atoms. The fourth-order valence-electron chi connectivity index (χ4n) is 1.88. The molecular weight excluding hydrogens is 318 g/mol. The Morgan fingerprint density at radius 2 is 2.15 bits per heavy atom. The van der Waals surface area contributed by atoms with Gasteiger partial charge in [-0.3, -0.25) is 9.78 Å². The first-order chi connectivity index (χ1) is 9.58. The zero-order valence-electron chi connectivity index (χ0n) is 11.5. The summed E-state index contributed by atoms with van der Waals surface area (Å²) in [6.45, 7) is 4.55. The third-order valence-electron chi connectivity index (χ3n) is 2.93. The first-order valence-electron chi connectivity index (χ1n) is 6.39. The second-order valence-corrected chi connectivity index (χ2v) is 5.57. The maximum atomic E-state index is 12.6. The molecule has 0 fully saturated rings. The van der Waals surface area contributed by atoms with E-state index in [0.717, 1.165) is 5.56 Å². The lowest BCUT2D eigenvalue weighted by Gasteiger charge is -2.27. The van der Waals surface area contributed by atoms with Gasteiger partial charge in [-0.2, -0.15) is 0 Å². The number of hydrogen-bond donors (Lipinski definition) is 0. The summed E-state index contributed by atoms with van der Waals surface area (Å²) in [5.74, 6) is -0.00745. The van der Waals surface area contributed by atoms with E-state index in [0.29, 0.717) is 16.7 Å². The fourth-order valence-corrected chi connectivity index (χ4v) is 2.24. The Labute approximate surface area is 127 Å². The molecule has 2 rings (SSSR count). The van der Waals surface area contributed by atoms with E-state index in [4.69, 9.17) is 0 Å². The number of amides is 1. The second-order valence-electron chi connectivity index (χ2n) is 4.76. The number of carbonyl (C=O) groups is 1. The summed E-state index contributed by atoms with van der Waals surface area (Å²) in [6, 6.07) is 7.42. The summed E-state index contributed by atoms with van der Waals surface area (Å²) in [4.78, 5) is 22.6. The summed E-state index contributed by atoms with van der Waals surface area (Å²) in [7, 11) is 0. The van der Waals surface area contributed by atoms with Gasteiger partial charge >= 0.3 is 0 Å². The van der Waals surface area contributed by atoms with Gasteiger partial charge in [0.1, 0.15) is 4.60 Å². The topological polar surface area (TPSA) is 46.1 Å². The summed E-state index contributed by atoms with van der Waals surface area (Å²) in [5.41, 5.74) is 1.65. The van der Waals surface area contributed by atoms with Crippen LogP contribution in [0.4, 0.5) is 0 Å². The third kappa shape index (κ3) is 3.63. The molecule has 0 N–H and O–H groups in total. The van der Waals surface area contributed by atoms with Crippen LogP contribution in [0, 0.1) is 0 Å². The maximum absolute atomic E-state index is 12.6. The van der Waals surface area contributed by atoms with Crippen molar-refractivity contribution in [3.8, 4) is 0 Å². The van der Waals surface area contributed by atoms with Crippen molar-refractivity contribution >= 4 is 21.8 Å². The van der Waals surface area contributed by atoms with Crippen LogP contribution in [-0.2, 0) is 6.54 Å². The molecule has 0 aliphatic carbocycles. The van der Waals surface area contributed by atoms with Crippen molar-refractivity contribution in [1.29, 1.82) is 0 Å². The number of hydrogen-bond acceptors (Lipinski definition) is 3. The van der Waals surface area contributed by atoms with Gasteiger partial charge in [0.2, 0.25) is 0 Å². The normalized spacial score (nSPS) is 10.6. The third-order valence-corrected chi connectivity index (χ3v) is 3.37. The average molecular weight is 334 g/mol. The number of nitrogens with zero attached hydrogens (tertiary/aromatic N) is 3. The lowest BCUT2D eigenvalue weighted by molar-refractivity contribution is 0.0690. The minimum atomic E-state index is -0.00745. The van der Waals surface area contributed by atoms with Crippen LogP contribution in [0.3, 0.4) is 0 Å². The quantitative estimate of drug-likeness (QED) is 0.806. The number of rotatable bonds is 4. The summed E-state index contributed by atoms with van der Waals surface area (Å²) < 4.78 is 0.661. The van der Waals surface area contributed by atoms with Crippen molar-refractivity contribution in [2.75, 3.05) is 0 Å². The van der Waals surface area contributed by atoms with Gasteiger partial charge in [0, 0.05) is 36.7 Å². The largest absolute Gasteiger partial charge is 0.332 e. The molecule has 2 aromatic heterocycles. The standard InChI is InChI=1S/C15H16BrN3O/c1-11(2)19(10-12-4-3-6-17-9-12)15(20)13-5-7-18-14(16)8-13/h3-9,11H,10H2,1-2H3. The molecule has 0 atom stereocenters. The van der Waals surface area contributed by atoms with Gasteiger partial charge < -0.3 is 4.90 Å². The highest BCUT2D eigenvalue weighted by Gasteiger charge is 2.19. The second kappa shape index (κ2) is 6.61. The highest BCUT2D eigenvalue weighted by molar-refractivity contribution is 9.10. The Hall–Kier alpha value is -1.75. The summed E-state index contributed by atoms with van der Waals surface area (Å²) in [5, 5.41) is 0. The van der Waals surface area contributed by atoms with Crippen LogP contribution < -0.4 is 0 Å². The van der Waals surface area contributed by atoms with Crippen molar-refractivity contribution in [1.82, 2.24) is 14.9 Å². The fraction of sp³-hybridized carbons (Fsp3) is 0.267. The lowest BCUT2D eigenvalue weighted by atomic mass is 10.1. The Bertz CT molecular complexity index is 587. The molecule has 0 saturated heterocycles. The van der Waals surface area contributed by atoms with Crippen molar-refractivity contribution in [3.05, 3.63) is 58.6 Å². The van der Waals surface area contributed by atoms with Crippen LogP contribution in [0.25, 0.3) is 0 Å². The van der Waals surface area contributed by atoms with Crippen molar-refractivity contribution in [3.63, 3.8) is 0 Å². The number of aromatic nitrogens is 2. The van der Waals surface area contributed by atoms with Crippen LogP contribution >= 0.6 is 15.9 Å². The highest BCUT2D eigenvalue weighted by Crippen LogP contribution is 2.15. The minimum Gasteiger partial charge on any atom is -0.332 e. The minimum absolute atomic E-state index is 0.00745. The maximum Gasteiger partial charge on any atom is 0.254 e. The van der Waals surface area contributed by atoms with Gasteiger partial charge in [-0.25, -0.2) is 4.98 Å². The van der Waals surface area contributed by atoms with Crippen LogP contribution in [0.15, 0.2) is 47.5 Å². The predicted octanol–water partition coefficient (Wildman–Crippen LogP) is 3.29. The van der Waals surface area contributed by atoms with E-state index in [1.54, 1.807) is 30.7 Å². The molecule has 0 spiro atoms. The molecule has 20 heavy (non-hydrogen) atoms. The molecule has 104 valence electrons. The highest BCUT2D eigenvalue weighted by atomic mass is 79.9. The van der Waals surface area contributed by atoms with Crippen molar-refractivity contribution in [2.45, 2.75) is 26.4 Å². The number of pyridine rings is 2. The first-order valence-corrected chi connectivity index (χ1v) is 7.18. The zero-order valence-corrected chi connectivity index (χ0v) is 13.0. The van der Waals surface area contributed by atoms with Gasteiger partial charge in [0.05, 0.1) is 0 Å². The van der Waals surface area contributed by atoms with Gasteiger partial charge in [-0.05, 0) is 53.5 Å². The Kier molecular flexibility index (Phi) is 4.84. The van der Waals surface area contributed by atoms with Crippen LogP contribution in [0.2, 0.25) is 0 Å². The number of halogens is 1. The van der Waals surface area contributed by atoms with Crippen molar-refractivity contribution in [2.24, 2.45) is 0 Å². The monoisotopic (exact) mass is 333 g/mol. The Morgan fingerprint density at radius 3 is 2.75 bits per heavy atom. The first kappa shape index (κ1) is 14.7. The Morgan fingerprint density at radius 1 is 1.35 bits per heavy atom. The molecule has 5 heteroatoms. The van der Waals surface area contributed by atoms with E-state index in [9.17, 15) is 4.79 Å². The van der Waals surface area contributed by atoms with E-state index in [-0.39, 0.29) is 11.9 Å². The van der Waals surface area contributed by atoms with Crippen LogP contribution in [-0.4, -0.2) is 26.8 Å². The van der Waals surface area contributed by atoms with Crippen LogP contribution in [0.1, 0.15) is 29.8 Å². The molecule has 0 saturated carbocycles. The van der Waals surface area contributed by atoms with E-state index >= 15 is 0 Å². The molecule has 1 amide bonds. The lowest BCUT2D eigenvalue weighted by Crippen LogP contribution is -2.36. The Balaban J connectivity index is 2.23. The molecule has 2 aromatic rings. The predicted molar refractivity (Wildman–Crippen MR) is 81.2 cm³/mol. The van der Waals surface area contributed by atoms with E-state index in [1.807, 2.05) is 30.9 Å². The van der Waals surface area contributed by atoms with Gasteiger partial charge in [-0.1, -0.05) is 6.07 Å². The van der Waals surface area contributed by atoms with Crippen LogP contribution in [0.5, 0.6) is 0 Å². The molecule has 2 heterocycles. The molecule has 0 aliphatic rings. The molecule has 0 aromatic carbocycles. The molecular formula is C15H16BrN3O. The SMILES string of the molecule is CC(C)N(Cc1cccnc1)C(=O)c1ccnc(Br)c1. The summed E-state index contributed by atoms with van der Waals surface area (Å²) >= 11 is 3.29. The number of carbonyl (C=O) groups excluding carboxylic acids is 1. The van der Waals surface area contributed by atoms with E-state index in [1.165, 1.54) is 0 Å². The molecule has 0 unspecified atom stereocenters. The van der Waals surface area contributed by atoms with Gasteiger partial charge in [0.15, 0.2) is 0 Å². The van der Waals surface area contributed by atoms with Gasteiger partial charge in [-0.15, -0.1) is 0 Å². The van der Waals surface area contributed by atoms with E-state index < -0.39 is 0 Å². The average Bonchev–Trinajstić information content (AvgIpc) is 2.45. The molecule has 0 aliphatic heterocycles. The zero-order chi connectivity index (χ0) is 14.5.